The second kappa shape index (κ2) is 13.3. The van der Waals surface area contributed by atoms with Gasteiger partial charge in [-0.25, -0.2) is 4.98 Å². The summed E-state index contributed by atoms with van der Waals surface area (Å²) >= 11 is 0. The fraction of sp³-hybridized carbons (Fsp3) is 0.344. The number of nitrogens with one attached hydrogen (secondary N) is 3. The smallest absolute Gasteiger partial charge is 0.251 e. The van der Waals surface area contributed by atoms with E-state index in [1.807, 2.05) is 42.6 Å². The van der Waals surface area contributed by atoms with Gasteiger partial charge in [0.15, 0.2) is 0 Å². The van der Waals surface area contributed by atoms with Crippen molar-refractivity contribution >= 4 is 28.3 Å². The molecule has 40 heavy (non-hydrogen) atoms. The fourth-order valence-corrected chi connectivity index (χ4v) is 5.14. The number of nitrogens with zero attached hydrogens (tertiary/aromatic N) is 2. The summed E-state index contributed by atoms with van der Waals surface area (Å²) in [6.45, 7) is 3.01. The van der Waals surface area contributed by atoms with E-state index in [1.165, 1.54) is 5.39 Å². The second-order valence-corrected chi connectivity index (χ2v) is 10.2. The monoisotopic (exact) mass is 539 g/mol. The van der Waals surface area contributed by atoms with Gasteiger partial charge >= 0.3 is 0 Å². The zero-order valence-corrected chi connectivity index (χ0v) is 23.0. The number of imidazole rings is 1. The van der Waals surface area contributed by atoms with Crippen molar-refractivity contribution in [1.29, 1.82) is 0 Å². The predicted molar refractivity (Wildman–Crippen MR) is 158 cm³/mol. The Morgan fingerprint density at radius 3 is 2.62 bits per heavy atom. The molecule has 1 saturated heterocycles. The van der Waals surface area contributed by atoms with Gasteiger partial charge in [-0.2, -0.15) is 0 Å². The Morgan fingerprint density at radius 1 is 0.975 bits per heavy atom. The number of anilines is 1. The Morgan fingerprint density at radius 2 is 1.80 bits per heavy atom. The molecule has 3 aromatic carbocycles. The largest absolute Gasteiger partial charge is 0.378 e. The van der Waals surface area contributed by atoms with Crippen molar-refractivity contribution in [3.63, 3.8) is 0 Å². The summed E-state index contributed by atoms with van der Waals surface area (Å²) in [5.41, 5.74) is 3.61. The van der Waals surface area contributed by atoms with Crippen LogP contribution in [-0.2, 0) is 9.53 Å². The minimum Gasteiger partial charge on any atom is -0.378 e. The lowest BCUT2D eigenvalue weighted by atomic mass is 10.0. The Balaban J connectivity index is 1.32. The van der Waals surface area contributed by atoms with Crippen molar-refractivity contribution in [1.82, 2.24) is 20.6 Å². The molecule has 5 rings (SSSR count). The summed E-state index contributed by atoms with van der Waals surface area (Å²) in [5, 5.41) is 8.25. The number of hydrogen-bond acceptors (Lipinski definition) is 5. The van der Waals surface area contributed by atoms with Gasteiger partial charge in [0.1, 0.15) is 5.82 Å². The van der Waals surface area contributed by atoms with Crippen molar-refractivity contribution < 1.29 is 14.3 Å². The van der Waals surface area contributed by atoms with Crippen LogP contribution < -0.4 is 15.5 Å². The number of ether oxygens (including phenoxy) is 1. The van der Waals surface area contributed by atoms with Crippen molar-refractivity contribution in [2.45, 2.75) is 38.1 Å². The highest BCUT2D eigenvalue weighted by Gasteiger charge is 2.20. The molecule has 3 N–H and O–H groups in total. The molecule has 0 aliphatic carbocycles. The first-order valence-corrected chi connectivity index (χ1v) is 14.1. The van der Waals surface area contributed by atoms with E-state index in [9.17, 15) is 9.59 Å². The lowest BCUT2D eigenvalue weighted by Crippen LogP contribution is -2.36. The number of aromatic amines is 1. The molecule has 8 nitrogen and oxygen atoms in total. The molecular formula is C32H37N5O3. The highest BCUT2D eigenvalue weighted by molar-refractivity contribution is 5.95. The molecule has 1 atom stereocenters. The van der Waals surface area contributed by atoms with Gasteiger partial charge in [-0.15, -0.1) is 0 Å². The maximum atomic E-state index is 13.5. The van der Waals surface area contributed by atoms with Crippen molar-refractivity contribution in [2.24, 2.45) is 0 Å². The predicted octanol–water partition coefficient (Wildman–Crippen LogP) is 5.23. The van der Waals surface area contributed by atoms with Gasteiger partial charge in [0, 0.05) is 43.4 Å². The third-order valence-electron chi connectivity index (χ3n) is 7.45. The van der Waals surface area contributed by atoms with E-state index in [2.05, 4.69) is 50.8 Å². The number of H-pyrrole nitrogens is 1. The topological polar surface area (TPSA) is 99.3 Å². The number of unbranched alkanes of at least 4 members (excludes halogenated alkanes) is 2. The summed E-state index contributed by atoms with van der Waals surface area (Å²) in [6.07, 6.45) is 5.63. The summed E-state index contributed by atoms with van der Waals surface area (Å²) in [4.78, 5) is 35.5. The molecule has 1 fully saturated rings. The van der Waals surface area contributed by atoms with Gasteiger partial charge < -0.3 is 25.3 Å². The van der Waals surface area contributed by atoms with E-state index in [4.69, 9.17) is 9.72 Å². The third-order valence-corrected chi connectivity index (χ3v) is 7.45. The molecule has 0 radical (unpaired) electrons. The molecule has 4 aromatic rings. The first-order valence-electron chi connectivity index (χ1n) is 14.1. The SMILES string of the molecule is CNC(=O)CCCCCC(NC(=O)c1cccc(N2CCOCC2)c1)c1ncc(-c2ccc3ccccc3c2)[nH]1. The number of benzene rings is 3. The molecule has 1 unspecified atom stereocenters. The van der Waals surface area contributed by atoms with Crippen LogP contribution in [0.4, 0.5) is 5.69 Å². The number of morpholine rings is 1. The lowest BCUT2D eigenvalue weighted by molar-refractivity contribution is -0.120. The molecule has 1 aliphatic rings. The molecule has 0 spiro atoms. The third kappa shape index (κ3) is 6.87. The standard InChI is InChI=1S/C32H37N5O3/c1-33-30(38)13-4-2-3-12-28(36-32(39)26-10-7-11-27(21-26)37-16-18-40-19-17-37)31-34-22-29(35-31)25-15-14-23-8-5-6-9-24(23)20-25/h5-11,14-15,20-22,28H,2-4,12-13,16-19H2,1H3,(H,33,38)(H,34,35)(H,36,39). The van der Waals surface area contributed by atoms with E-state index >= 15 is 0 Å². The molecule has 2 amide bonds. The summed E-state index contributed by atoms with van der Waals surface area (Å²) in [5.74, 6) is 0.650. The van der Waals surface area contributed by atoms with Crippen molar-refractivity contribution in [2.75, 3.05) is 38.3 Å². The quantitative estimate of drug-likeness (QED) is 0.227. The fourth-order valence-electron chi connectivity index (χ4n) is 5.14. The zero-order chi connectivity index (χ0) is 27.7. The van der Waals surface area contributed by atoms with Crippen LogP contribution in [0.5, 0.6) is 0 Å². The lowest BCUT2D eigenvalue weighted by Gasteiger charge is -2.29. The van der Waals surface area contributed by atoms with E-state index < -0.39 is 0 Å². The first-order chi connectivity index (χ1) is 19.6. The number of rotatable bonds is 11. The number of hydrogen-bond donors (Lipinski definition) is 3. The highest BCUT2D eigenvalue weighted by Crippen LogP contribution is 2.26. The van der Waals surface area contributed by atoms with E-state index in [1.54, 1.807) is 7.05 Å². The van der Waals surface area contributed by atoms with Gasteiger partial charge in [0.2, 0.25) is 5.91 Å². The molecule has 2 heterocycles. The molecule has 0 saturated carbocycles. The van der Waals surface area contributed by atoms with Crippen LogP contribution in [0, 0.1) is 0 Å². The van der Waals surface area contributed by atoms with E-state index in [0.29, 0.717) is 31.6 Å². The van der Waals surface area contributed by atoms with E-state index in [0.717, 1.165) is 60.5 Å². The zero-order valence-electron chi connectivity index (χ0n) is 23.0. The van der Waals surface area contributed by atoms with Gasteiger partial charge in [-0.3, -0.25) is 9.59 Å². The van der Waals surface area contributed by atoms with Crippen LogP contribution in [-0.4, -0.2) is 55.1 Å². The maximum absolute atomic E-state index is 13.5. The van der Waals surface area contributed by atoms with Crippen LogP contribution in [0.2, 0.25) is 0 Å². The number of amides is 2. The van der Waals surface area contributed by atoms with Crippen molar-refractivity contribution in [3.05, 3.63) is 84.3 Å². The van der Waals surface area contributed by atoms with Crippen LogP contribution in [0.25, 0.3) is 22.0 Å². The average Bonchev–Trinajstić information content (AvgIpc) is 3.51. The summed E-state index contributed by atoms with van der Waals surface area (Å²) in [6, 6.07) is 22.1. The number of carbonyl (C=O) groups is 2. The average molecular weight is 540 g/mol. The Bertz CT molecular complexity index is 1440. The molecule has 1 aromatic heterocycles. The first kappa shape index (κ1) is 27.4. The number of carbonyl (C=O) groups excluding carboxylic acids is 2. The maximum Gasteiger partial charge on any atom is 0.251 e. The molecule has 208 valence electrons. The Hall–Kier alpha value is -4.17. The Labute approximate surface area is 235 Å². The van der Waals surface area contributed by atoms with Gasteiger partial charge in [0.25, 0.3) is 5.91 Å². The van der Waals surface area contributed by atoms with Gasteiger partial charge in [-0.05, 0) is 47.9 Å². The number of aromatic nitrogens is 2. The molecule has 8 heteroatoms. The van der Waals surface area contributed by atoms with E-state index in [-0.39, 0.29) is 17.9 Å². The molecule has 0 bridgehead atoms. The highest BCUT2D eigenvalue weighted by atomic mass is 16.5. The van der Waals surface area contributed by atoms with Gasteiger partial charge in [-0.1, -0.05) is 55.3 Å². The summed E-state index contributed by atoms with van der Waals surface area (Å²) < 4.78 is 5.48. The Kier molecular flexibility index (Phi) is 9.08. The van der Waals surface area contributed by atoms with Crippen LogP contribution >= 0.6 is 0 Å². The number of fused-ring (bicyclic) bond motifs is 1. The van der Waals surface area contributed by atoms with Gasteiger partial charge in [0.05, 0.1) is 31.1 Å². The minimum absolute atomic E-state index is 0.0519. The summed E-state index contributed by atoms with van der Waals surface area (Å²) in [7, 11) is 1.66. The second-order valence-electron chi connectivity index (χ2n) is 10.2. The van der Waals surface area contributed by atoms with Crippen molar-refractivity contribution in [3.8, 4) is 11.3 Å². The van der Waals surface area contributed by atoms with Crippen LogP contribution in [0.1, 0.15) is 54.3 Å². The molecular weight excluding hydrogens is 502 g/mol. The minimum atomic E-state index is -0.284. The van der Waals surface area contributed by atoms with Crippen LogP contribution in [0.3, 0.4) is 0 Å². The normalized spacial score (nSPS) is 14.2. The van der Waals surface area contributed by atoms with Crippen LogP contribution in [0.15, 0.2) is 72.9 Å². The molecule has 1 aliphatic heterocycles.